The molecule has 3 nitrogen and oxygen atoms in total. The molecule has 3 aliphatic rings. The van der Waals surface area contributed by atoms with Gasteiger partial charge in [0, 0.05) is 11.8 Å². The number of nitrogens with zero attached hydrogens (tertiary/aromatic N) is 1. The van der Waals surface area contributed by atoms with Crippen LogP contribution in [0.1, 0.15) is 38.5 Å². The molecule has 4 atom stereocenters. The summed E-state index contributed by atoms with van der Waals surface area (Å²) < 4.78 is 0. The molecule has 0 amide bonds. The molecule has 3 aliphatic carbocycles. The molecule has 0 radical (unpaired) electrons. The van der Waals surface area contributed by atoms with E-state index in [0.717, 1.165) is 18.8 Å². The van der Waals surface area contributed by atoms with Gasteiger partial charge in [0.1, 0.15) is 5.71 Å². The highest BCUT2D eigenvalue weighted by Crippen LogP contribution is 2.51. The van der Waals surface area contributed by atoms with Crippen molar-refractivity contribution in [3.63, 3.8) is 0 Å². The number of rotatable bonds is 0. The second kappa shape index (κ2) is 3.32. The lowest BCUT2D eigenvalue weighted by Gasteiger charge is -2.39. The number of ketones is 1. The highest BCUT2D eigenvalue weighted by molar-refractivity contribution is 6.43. The van der Waals surface area contributed by atoms with Gasteiger partial charge >= 0.3 is 0 Å². The first kappa shape index (κ1) is 9.37. The van der Waals surface area contributed by atoms with Gasteiger partial charge in [-0.25, -0.2) is 0 Å². The van der Waals surface area contributed by atoms with E-state index in [0.29, 0.717) is 11.6 Å². The normalized spacial score (nSPS) is 46.9. The van der Waals surface area contributed by atoms with Crippen molar-refractivity contribution >= 4 is 11.5 Å². The van der Waals surface area contributed by atoms with Crippen molar-refractivity contribution in [3.05, 3.63) is 0 Å². The molecule has 1 N–H and O–H groups in total. The maximum atomic E-state index is 12.0. The number of carbonyl (C=O) groups excluding carboxylic acids is 1. The van der Waals surface area contributed by atoms with Gasteiger partial charge in [0.15, 0.2) is 5.78 Å². The number of carbonyl (C=O) groups is 1. The lowest BCUT2D eigenvalue weighted by molar-refractivity contribution is -0.118. The van der Waals surface area contributed by atoms with Crippen molar-refractivity contribution in [3.8, 4) is 0 Å². The molecule has 3 rings (SSSR count). The van der Waals surface area contributed by atoms with Crippen LogP contribution in [-0.4, -0.2) is 16.7 Å². The lowest BCUT2D eigenvalue weighted by atomic mass is 9.65. The Morgan fingerprint density at radius 3 is 2.40 bits per heavy atom. The second-order valence-corrected chi connectivity index (χ2v) is 5.26. The zero-order valence-corrected chi connectivity index (χ0v) is 8.85. The van der Waals surface area contributed by atoms with Gasteiger partial charge in [0.2, 0.25) is 0 Å². The Hall–Kier alpha value is -0.860. The van der Waals surface area contributed by atoms with E-state index in [4.69, 9.17) is 5.21 Å². The van der Waals surface area contributed by atoms with Crippen molar-refractivity contribution in [2.75, 3.05) is 0 Å². The van der Waals surface area contributed by atoms with E-state index in [1.54, 1.807) is 0 Å². The predicted octanol–water partition coefficient (Wildman–Crippen LogP) is 2.23. The van der Waals surface area contributed by atoms with Crippen molar-refractivity contribution in [2.24, 2.45) is 28.8 Å². The summed E-state index contributed by atoms with van der Waals surface area (Å²) in [5.41, 5.74) is 0.497. The van der Waals surface area contributed by atoms with Crippen molar-refractivity contribution in [1.29, 1.82) is 0 Å². The monoisotopic (exact) mass is 207 g/mol. The van der Waals surface area contributed by atoms with Crippen molar-refractivity contribution in [2.45, 2.75) is 38.5 Å². The standard InChI is InChI=1S/C12H17NO2/c14-12-9-6-2-4-7-3-1-5-8(10(7)9)11(12)13-15/h7-10,15H,1-6H2/b13-11-. The number of hydrogen-bond acceptors (Lipinski definition) is 3. The van der Waals surface area contributed by atoms with Gasteiger partial charge in [-0.15, -0.1) is 0 Å². The van der Waals surface area contributed by atoms with Crippen molar-refractivity contribution < 1.29 is 10.0 Å². The van der Waals surface area contributed by atoms with Gasteiger partial charge in [-0.2, -0.15) is 0 Å². The van der Waals surface area contributed by atoms with E-state index < -0.39 is 0 Å². The van der Waals surface area contributed by atoms with Gasteiger partial charge in [-0.1, -0.05) is 30.8 Å². The van der Waals surface area contributed by atoms with Gasteiger partial charge in [0.25, 0.3) is 0 Å². The fourth-order valence-electron chi connectivity index (χ4n) is 4.17. The van der Waals surface area contributed by atoms with Crippen LogP contribution in [0, 0.1) is 23.7 Å². The second-order valence-electron chi connectivity index (χ2n) is 5.26. The third kappa shape index (κ3) is 1.18. The summed E-state index contributed by atoms with van der Waals surface area (Å²) in [4.78, 5) is 12.0. The molecule has 0 aromatic heterocycles. The van der Waals surface area contributed by atoms with Crippen LogP contribution < -0.4 is 0 Å². The Morgan fingerprint density at radius 1 is 1.07 bits per heavy atom. The topological polar surface area (TPSA) is 49.7 Å². The zero-order chi connectivity index (χ0) is 10.4. The van der Waals surface area contributed by atoms with E-state index in [1.165, 1.54) is 25.7 Å². The molecule has 0 bridgehead atoms. The Labute approximate surface area is 89.5 Å². The number of Topliss-reactive ketones (excluding diaryl/α,β-unsaturated/α-hetero) is 1. The third-order valence-corrected chi connectivity index (χ3v) is 4.70. The third-order valence-electron chi connectivity index (χ3n) is 4.70. The van der Waals surface area contributed by atoms with Crippen LogP contribution in [0.25, 0.3) is 0 Å². The SMILES string of the molecule is O=C1/C(=N\O)C2CCCC3CCCC1C32. The number of oxime groups is 1. The van der Waals surface area contributed by atoms with Gasteiger partial charge in [0.05, 0.1) is 0 Å². The van der Waals surface area contributed by atoms with Crippen LogP contribution in [0.15, 0.2) is 5.16 Å². The fraction of sp³-hybridized carbons (Fsp3) is 0.833. The summed E-state index contributed by atoms with van der Waals surface area (Å²) in [5.74, 6) is 1.88. The summed E-state index contributed by atoms with van der Waals surface area (Å²) in [6, 6.07) is 0. The molecule has 0 spiro atoms. The maximum Gasteiger partial charge on any atom is 0.184 e. The Bertz CT molecular complexity index is 322. The summed E-state index contributed by atoms with van der Waals surface area (Å²) in [6.45, 7) is 0. The van der Waals surface area contributed by atoms with Gasteiger partial charge < -0.3 is 5.21 Å². The molecule has 3 saturated carbocycles. The average Bonchev–Trinajstić information content (AvgIpc) is 2.55. The molecule has 0 saturated heterocycles. The van der Waals surface area contributed by atoms with Crippen LogP contribution in [0.2, 0.25) is 0 Å². The zero-order valence-electron chi connectivity index (χ0n) is 8.85. The minimum Gasteiger partial charge on any atom is -0.411 e. The van der Waals surface area contributed by atoms with Crippen LogP contribution in [-0.2, 0) is 4.79 Å². The minimum atomic E-state index is 0.152. The minimum absolute atomic E-state index is 0.152. The molecule has 15 heavy (non-hydrogen) atoms. The molecular formula is C12H17NO2. The molecule has 0 aliphatic heterocycles. The first-order chi connectivity index (χ1) is 7.33. The summed E-state index contributed by atoms with van der Waals surface area (Å²) in [5, 5.41) is 12.2. The van der Waals surface area contributed by atoms with E-state index in [-0.39, 0.29) is 17.6 Å². The predicted molar refractivity (Wildman–Crippen MR) is 55.9 cm³/mol. The highest BCUT2D eigenvalue weighted by atomic mass is 16.4. The highest BCUT2D eigenvalue weighted by Gasteiger charge is 2.53. The van der Waals surface area contributed by atoms with Crippen LogP contribution in [0.3, 0.4) is 0 Å². The summed E-state index contributed by atoms with van der Waals surface area (Å²) >= 11 is 0. The Morgan fingerprint density at radius 2 is 1.73 bits per heavy atom. The molecule has 0 aromatic rings. The number of hydrogen-bond donors (Lipinski definition) is 1. The van der Waals surface area contributed by atoms with E-state index in [1.807, 2.05) is 0 Å². The quantitative estimate of drug-likeness (QED) is 0.489. The first-order valence-corrected chi connectivity index (χ1v) is 6.09. The first-order valence-electron chi connectivity index (χ1n) is 6.09. The fourth-order valence-corrected chi connectivity index (χ4v) is 4.17. The summed E-state index contributed by atoms with van der Waals surface area (Å²) in [7, 11) is 0. The van der Waals surface area contributed by atoms with Crippen molar-refractivity contribution in [1.82, 2.24) is 0 Å². The van der Waals surface area contributed by atoms with E-state index in [2.05, 4.69) is 5.16 Å². The molecular weight excluding hydrogens is 190 g/mol. The molecule has 0 heterocycles. The van der Waals surface area contributed by atoms with E-state index in [9.17, 15) is 4.79 Å². The molecule has 0 aromatic carbocycles. The Kier molecular flexibility index (Phi) is 2.08. The smallest absolute Gasteiger partial charge is 0.184 e. The van der Waals surface area contributed by atoms with Gasteiger partial charge in [-0.3, -0.25) is 4.79 Å². The average molecular weight is 207 g/mol. The lowest BCUT2D eigenvalue weighted by Crippen LogP contribution is -2.33. The Balaban J connectivity index is 2.00. The summed E-state index contributed by atoms with van der Waals surface area (Å²) in [6.07, 6.45) is 7.03. The van der Waals surface area contributed by atoms with Crippen LogP contribution >= 0.6 is 0 Å². The molecule has 4 unspecified atom stereocenters. The van der Waals surface area contributed by atoms with Crippen LogP contribution in [0.4, 0.5) is 0 Å². The maximum absolute atomic E-state index is 12.0. The van der Waals surface area contributed by atoms with Gasteiger partial charge in [-0.05, 0) is 24.7 Å². The molecule has 3 heteroatoms. The molecule has 82 valence electrons. The van der Waals surface area contributed by atoms with Crippen LogP contribution in [0.5, 0.6) is 0 Å². The largest absolute Gasteiger partial charge is 0.411 e. The molecule has 3 fully saturated rings. The van der Waals surface area contributed by atoms with E-state index >= 15 is 0 Å².